The molecule has 1 aliphatic heterocycles. The molecule has 1 fully saturated rings. The van der Waals surface area contributed by atoms with Gasteiger partial charge in [-0.3, -0.25) is 9.59 Å². The molecule has 138 valence electrons. The van der Waals surface area contributed by atoms with E-state index in [9.17, 15) is 9.59 Å². The van der Waals surface area contributed by atoms with Crippen molar-refractivity contribution in [2.24, 2.45) is 5.92 Å². The Bertz CT molecular complexity index is 612. The standard InChI is InChI=1S/C20H29NO4/c1-14(2)17-8-6-15(3)11-18(17)25-13-19(22)21-10-4-5-16(12-21)7-9-20(23)24/h6,8,11,14,16H,4-5,7,9-10,12-13H2,1-3H3,(H,23,24). The first-order valence-corrected chi connectivity index (χ1v) is 9.09. The van der Waals surface area contributed by atoms with Gasteiger partial charge in [0.2, 0.25) is 0 Å². The van der Waals surface area contributed by atoms with Crippen molar-refractivity contribution in [2.45, 2.75) is 52.4 Å². The predicted octanol–water partition coefficient (Wildman–Crippen LogP) is 3.60. The number of likely N-dealkylation sites (tertiary alicyclic amines) is 1. The second-order valence-electron chi connectivity index (χ2n) is 7.27. The van der Waals surface area contributed by atoms with Crippen LogP contribution in [0.4, 0.5) is 0 Å². The molecule has 1 atom stereocenters. The van der Waals surface area contributed by atoms with E-state index in [4.69, 9.17) is 9.84 Å². The molecule has 5 nitrogen and oxygen atoms in total. The number of hydrogen-bond donors (Lipinski definition) is 1. The second-order valence-corrected chi connectivity index (χ2v) is 7.27. The SMILES string of the molecule is Cc1ccc(C(C)C)c(OCC(=O)N2CCCC(CCC(=O)O)C2)c1. The molecule has 0 bridgehead atoms. The van der Waals surface area contributed by atoms with E-state index in [0.717, 1.165) is 36.3 Å². The monoisotopic (exact) mass is 347 g/mol. The first kappa shape index (κ1) is 19.3. The predicted molar refractivity (Wildman–Crippen MR) is 96.9 cm³/mol. The van der Waals surface area contributed by atoms with Gasteiger partial charge in [0.15, 0.2) is 6.61 Å². The summed E-state index contributed by atoms with van der Waals surface area (Å²) in [5.74, 6) is 0.603. The Morgan fingerprint density at radius 1 is 1.36 bits per heavy atom. The van der Waals surface area contributed by atoms with Gasteiger partial charge in [-0.25, -0.2) is 0 Å². The van der Waals surface area contributed by atoms with Gasteiger partial charge in [-0.15, -0.1) is 0 Å². The maximum atomic E-state index is 12.5. The molecule has 1 unspecified atom stereocenters. The molecule has 1 saturated heterocycles. The van der Waals surface area contributed by atoms with Crippen LogP contribution in [0.1, 0.15) is 56.6 Å². The van der Waals surface area contributed by atoms with E-state index in [1.54, 1.807) is 0 Å². The van der Waals surface area contributed by atoms with Crippen molar-refractivity contribution < 1.29 is 19.4 Å². The summed E-state index contributed by atoms with van der Waals surface area (Å²) in [5.41, 5.74) is 2.22. The average Bonchev–Trinajstić information content (AvgIpc) is 2.57. The van der Waals surface area contributed by atoms with Gasteiger partial charge in [-0.05, 0) is 55.2 Å². The van der Waals surface area contributed by atoms with Gasteiger partial charge in [-0.2, -0.15) is 0 Å². The molecule has 25 heavy (non-hydrogen) atoms. The lowest BCUT2D eigenvalue weighted by Gasteiger charge is -2.32. The summed E-state index contributed by atoms with van der Waals surface area (Å²) >= 11 is 0. The molecule has 0 radical (unpaired) electrons. The van der Waals surface area contributed by atoms with Crippen molar-refractivity contribution in [3.8, 4) is 5.75 Å². The van der Waals surface area contributed by atoms with E-state index in [-0.39, 0.29) is 24.9 Å². The van der Waals surface area contributed by atoms with Gasteiger partial charge < -0.3 is 14.7 Å². The quantitative estimate of drug-likeness (QED) is 0.818. The fourth-order valence-corrected chi connectivity index (χ4v) is 3.33. The van der Waals surface area contributed by atoms with Gasteiger partial charge in [0, 0.05) is 19.5 Å². The number of benzene rings is 1. The van der Waals surface area contributed by atoms with Crippen molar-refractivity contribution in [1.82, 2.24) is 4.90 Å². The molecule has 2 rings (SSSR count). The summed E-state index contributed by atoms with van der Waals surface area (Å²) < 4.78 is 5.84. The van der Waals surface area contributed by atoms with Gasteiger partial charge in [0.05, 0.1) is 0 Å². The molecule has 0 aliphatic carbocycles. The van der Waals surface area contributed by atoms with Gasteiger partial charge in [0.25, 0.3) is 5.91 Å². The van der Waals surface area contributed by atoms with E-state index >= 15 is 0 Å². The van der Waals surface area contributed by atoms with Crippen LogP contribution in [0.5, 0.6) is 5.75 Å². The summed E-state index contributed by atoms with van der Waals surface area (Å²) in [6.45, 7) is 7.64. The normalized spacial score (nSPS) is 17.6. The molecule has 0 saturated carbocycles. The minimum absolute atomic E-state index is 0.0174. The fraction of sp³-hybridized carbons (Fsp3) is 0.600. The zero-order valence-corrected chi connectivity index (χ0v) is 15.5. The highest BCUT2D eigenvalue weighted by Gasteiger charge is 2.24. The topological polar surface area (TPSA) is 66.8 Å². The third-order valence-electron chi connectivity index (χ3n) is 4.78. The summed E-state index contributed by atoms with van der Waals surface area (Å²) in [7, 11) is 0. The van der Waals surface area contributed by atoms with Crippen LogP contribution in [-0.4, -0.2) is 41.6 Å². The van der Waals surface area contributed by atoms with Crippen LogP contribution in [-0.2, 0) is 9.59 Å². The largest absolute Gasteiger partial charge is 0.483 e. The Morgan fingerprint density at radius 2 is 2.12 bits per heavy atom. The molecule has 1 aromatic carbocycles. The highest BCUT2D eigenvalue weighted by Crippen LogP contribution is 2.28. The maximum absolute atomic E-state index is 12.5. The number of piperidine rings is 1. The molecule has 1 aliphatic rings. The van der Waals surface area contributed by atoms with Crippen molar-refractivity contribution in [3.05, 3.63) is 29.3 Å². The number of hydrogen-bond acceptors (Lipinski definition) is 3. The number of nitrogens with zero attached hydrogens (tertiary/aromatic N) is 1. The number of carbonyl (C=O) groups is 2. The number of carboxylic acid groups (broad SMARTS) is 1. The molecule has 1 heterocycles. The minimum atomic E-state index is -0.771. The first-order chi connectivity index (χ1) is 11.9. The van der Waals surface area contributed by atoms with Crippen molar-refractivity contribution >= 4 is 11.9 Å². The van der Waals surface area contributed by atoms with Crippen LogP contribution in [0.15, 0.2) is 18.2 Å². The molecular formula is C20H29NO4. The van der Waals surface area contributed by atoms with Crippen LogP contribution in [0.2, 0.25) is 0 Å². The van der Waals surface area contributed by atoms with Gasteiger partial charge in [-0.1, -0.05) is 26.0 Å². The maximum Gasteiger partial charge on any atom is 0.303 e. The number of carboxylic acids is 1. The summed E-state index contributed by atoms with van der Waals surface area (Å²) in [4.78, 5) is 25.1. The second kappa shape index (κ2) is 8.88. The van der Waals surface area contributed by atoms with Crippen LogP contribution in [0.25, 0.3) is 0 Å². The third kappa shape index (κ3) is 5.76. The van der Waals surface area contributed by atoms with Crippen molar-refractivity contribution in [3.63, 3.8) is 0 Å². The average molecular weight is 347 g/mol. The van der Waals surface area contributed by atoms with E-state index in [1.165, 1.54) is 0 Å². The first-order valence-electron chi connectivity index (χ1n) is 9.09. The number of carbonyl (C=O) groups excluding carboxylic acids is 1. The van der Waals surface area contributed by atoms with Crippen molar-refractivity contribution in [2.75, 3.05) is 19.7 Å². The van der Waals surface area contributed by atoms with Crippen molar-refractivity contribution in [1.29, 1.82) is 0 Å². The van der Waals surface area contributed by atoms with Crippen LogP contribution in [0, 0.1) is 12.8 Å². The number of rotatable bonds is 7. The molecule has 1 aromatic rings. The molecule has 5 heteroatoms. The molecule has 1 amide bonds. The summed E-state index contributed by atoms with van der Waals surface area (Å²) in [5, 5.41) is 8.82. The Morgan fingerprint density at radius 3 is 2.80 bits per heavy atom. The lowest BCUT2D eigenvalue weighted by Crippen LogP contribution is -2.42. The highest BCUT2D eigenvalue weighted by molar-refractivity contribution is 5.78. The Kier molecular flexibility index (Phi) is 6.85. The van der Waals surface area contributed by atoms with Gasteiger partial charge in [0.1, 0.15) is 5.75 Å². The molecular weight excluding hydrogens is 318 g/mol. The molecule has 0 spiro atoms. The van der Waals surface area contributed by atoms with Crippen LogP contribution >= 0.6 is 0 Å². The summed E-state index contributed by atoms with van der Waals surface area (Å²) in [6.07, 6.45) is 2.73. The zero-order chi connectivity index (χ0) is 18.4. The highest BCUT2D eigenvalue weighted by atomic mass is 16.5. The third-order valence-corrected chi connectivity index (χ3v) is 4.78. The fourth-order valence-electron chi connectivity index (χ4n) is 3.33. The minimum Gasteiger partial charge on any atom is -0.483 e. The van der Waals surface area contributed by atoms with Gasteiger partial charge >= 0.3 is 5.97 Å². The van der Waals surface area contributed by atoms with Crippen LogP contribution in [0.3, 0.4) is 0 Å². The number of aliphatic carboxylic acids is 1. The smallest absolute Gasteiger partial charge is 0.303 e. The number of amides is 1. The van der Waals surface area contributed by atoms with E-state index in [0.29, 0.717) is 18.9 Å². The summed E-state index contributed by atoms with van der Waals surface area (Å²) in [6, 6.07) is 6.10. The van der Waals surface area contributed by atoms with Crippen LogP contribution < -0.4 is 4.74 Å². The Balaban J connectivity index is 1.91. The molecule has 1 N–H and O–H groups in total. The molecule has 0 aromatic heterocycles. The lowest BCUT2D eigenvalue weighted by atomic mass is 9.93. The Labute approximate surface area is 150 Å². The van der Waals surface area contributed by atoms with E-state index < -0.39 is 5.97 Å². The number of ether oxygens (including phenoxy) is 1. The van der Waals surface area contributed by atoms with E-state index in [2.05, 4.69) is 26.0 Å². The Hall–Kier alpha value is -2.04. The van der Waals surface area contributed by atoms with E-state index in [1.807, 2.05) is 17.9 Å². The zero-order valence-electron chi connectivity index (χ0n) is 15.5. The number of aryl methyl sites for hydroxylation is 1. The lowest BCUT2D eigenvalue weighted by molar-refractivity contribution is -0.137.